The highest BCUT2D eigenvalue weighted by molar-refractivity contribution is 5.08. The second kappa shape index (κ2) is 5.59. The van der Waals surface area contributed by atoms with Crippen molar-refractivity contribution in [3.63, 3.8) is 0 Å². The lowest BCUT2D eigenvalue weighted by Gasteiger charge is -2.02. The zero-order chi connectivity index (χ0) is 9.52. The number of aromatic hydroxyl groups is 1. The van der Waals surface area contributed by atoms with Crippen molar-refractivity contribution in [2.45, 2.75) is 26.3 Å². The molecule has 1 N–H and O–H groups in total. The molecule has 1 rings (SSSR count). The van der Waals surface area contributed by atoms with Crippen molar-refractivity contribution in [3.05, 3.63) is 12.4 Å². The summed E-state index contributed by atoms with van der Waals surface area (Å²) in [6.07, 6.45) is 5.27. The number of aromatic nitrogens is 2. The van der Waals surface area contributed by atoms with E-state index < -0.39 is 0 Å². The molecule has 0 aromatic carbocycles. The Hall–Kier alpha value is -1.03. The third-order valence-electron chi connectivity index (χ3n) is 1.73. The average molecular weight is 184 g/mol. The van der Waals surface area contributed by atoms with Gasteiger partial charge < -0.3 is 9.84 Å². The zero-order valence-corrected chi connectivity index (χ0v) is 7.94. The van der Waals surface area contributed by atoms with Crippen LogP contribution in [-0.4, -0.2) is 28.1 Å². The van der Waals surface area contributed by atoms with Crippen LogP contribution in [-0.2, 0) is 11.3 Å². The van der Waals surface area contributed by atoms with E-state index in [1.165, 1.54) is 6.20 Å². The maximum atomic E-state index is 8.97. The van der Waals surface area contributed by atoms with Gasteiger partial charge in [-0.05, 0) is 6.42 Å². The van der Waals surface area contributed by atoms with Crippen LogP contribution in [0.2, 0.25) is 0 Å². The highest BCUT2D eigenvalue weighted by Crippen LogP contribution is 2.03. The van der Waals surface area contributed by atoms with Gasteiger partial charge in [0.1, 0.15) is 0 Å². The molecule has 0 fully saturated rings. The number of hydrogen-bond acceptors (Lipinski definition) is 3. The van der Waals surface area contributed by atoms with Gasteiger partial charge in [-0.3, -0.25) is 4.68 Å². The molecule has 1 aromatic heterocycles. The van der Waals surface area contributed by atoms with Crippen LogP contribution in [0.5, 0.6) is 5.75 Å². The van der Waals surface area contributed by atoms with Crippen LogP contribution in [0.4, 0.5) is 0 Å². The highest BCUT2D eigenvalue weighted by atomic mass is 16.5. The predicted molar refractivity (Wildman–Crippen MR) is 49.6 cm³/mol. The average Bonchev–Trinajstić information content (AvgIpc) is 2.51. The van der Waals surface area contributed by atoms with Gasteiger partial charge in [-0.25, -0.2) is 0 Å². The summed E-state index contributed by atoms with van der Waals surface area (Å²) >= 11 is 0. The molecule has 4 heteroatoms. The van der Waals surface area contributed by atoms with Crippen molar-refractivity contribution < 1.29 is 9.84 Å². The fourth-order valence-electron chi connectivity index (χ4n) is 0.981. The molecule has 0 bridgehead atoms. The molecule has 0 aliphatic heterocycles. The predicted octanol–water partition coefficient (Wildman–Crippen LogP) is 1.41. The molecular formula is C9H16N2O2. The standard InChI is InChI=1S/C9H16N2O2/c1-2-3-5-13-6-4-11-8-9(12)7-10-11/h7-8,12H,2-6H2,1H3. The van der Waals surface area contributed by atoms with Gasteiger partial charge >= 0.3 is 0 Å². The molecule has 74 valence electrons. The minimum atomic E-state index is 0.202. The van der Waals surface area contributed by atoms with Crippen LogP contribution in [0.15, 0.2) is 12.4 Å². The van der Waals surface area contributed by atoms with Gasteiger partial charge in [-0.2, -0.15) is 5.10 Å². The fraction of sp³-hybridized carbons (Fsp3) is 0.667. The maximum absolute atomic E-state index is 8.97. The Morgan fingerprint density at radius 2 is 2.38 bits per heavy atom. The quantitative estimate of drug-likeness (QED) is 0.680. The molecule has 0 radical (unpaired) electrons. The lowest BCUT2D eigenvalue weighted by molar-refractivity contribution is 0.121. The van der Waals surface area contributed by atoms with Crippen LogP contribution in [0.3, 0.4) is 0 Å². The van der Waals surface area contributed by atoms with Crippen LogP contribution in [0.25, 0.3) is 0 Å². The largest absolute Gasteiger partial charge is 0.505 e. The molecule has 0 saturated heterocycles. The first-order valence-corrected chi connectivity index (χ1v) is 4.62. The van der Waals surface area contributed by atoms with Crippen LogP contribution in [0.1, 0.15) is 19.8 Å². The first kappa shape index (κ1) is 10.1. The SMILES string of the molecule is CCCCOCCn1cc(O)cn1. The summed E-state index contributed by atoms with van der Waals surface area (Å²) in [4.78, 5) is 0. The van der Waals surface area contributed by atoms with E-state index in [1.54, 1.807) is 10.9 Å². The first-order valence-electron chi connectivity index (χ1n) is 4.62. The molecule has 0 aliphatic rings. The van der Waals surface area contributed by atoms with E-state index in [2.05, 4.69) is 12.0 Å². The van der Waals surface area contributed by atoms with Crippen molar-refractivity contribution in [1.29, 1.82) is 0 Å². The number of unbranched alkanes of at least 4 members (excludes halogenated alkanes) is 1. The van der Waals surface area contributed by atoms with E-state index in [0.717, 1.165) is 19.4 Å². The lowest BCUT2D eigenvalue weighted by Crippen LogP contribution is -2.06. The van der Waals surface area contributed by atoms with Crippen molar-refractivity contribution in [2.24, 2.45) is 0 Å². The topological polar surface area (TPSA) is 47.3 Å². The summed E-state index contributed by atoms with van der Waals surface area (Å²) in [7, 11) is 0. The van der Waals surface area contributed by atoms with E-state index in [1.807, 2.05) is 0 Å². The second-order valence-corrected chi connectivity index (χ2v) is 2.93. The first-order chi connectivity index (χ1) is 6.33. The Morgan fingerprint density at radius 3 is 3.00 bits per heavy atom. The summed E-state index contributed by atoms with van der Waals surface area (Å²) in [6.45, 7) is 4.30. The molecule has 1 aromatic rings. The third-order valence-corrected chi connectivity index (χ3v) is 1.73. The van der Waals surface area contributed by atoms with Crippen molar-refractivity contribution >= 4 is 0 Å². The summed E-state index contributed by atoms with van der Waals surface area (Å²) in [5, 5.41) is 12.9. The van der Waals surface area contributed by atoms with Gasteiger partial charge in [0, 0.05) is 6.61 Å². The van der Waals surface area contributed by atoms with E-state index in [0.29, 0.717) is 13.2 Å². The van der Waals surface area contributed by atoms with Gasteiger partial charge in [0.2, 0.25) is 0 Å². The van der Waals surface area contributed by atoms with Gasteiger partial charge in [0.15, 0.2) is 5.75 Å². The molecule has 0 aliphatic carbocycles. The van der Waals surface area contributed by atoms with E-state index >= 15 is 0 Å². The van der Waals surface area contributed by atoms with E-state index in [9.17, 15) is 0 Å². The monoisotopic (exact) mass is 184 g/mol. The van der Waals surface area contributed by atoms with E-state index in [4.69, 9.17) is 9.84 Å². The van der Waals surface area contributed by atoms with Gasteiger partial charge in [-0.1, -0.05) is 13.3 Å². The Kier molecular flexibility index (Phi) is 4.32. The van der Waals surface area contributed by atoms with E-state index in [-0.39, 0.29) is 5.75 Å². The summed E-state index contributed by atoms with van der Waals surface area (Å²) in [6, 6.07) is 0. The van der Waals surface area contributed by atoms with Gasteiger partial charge in [0.05, 0.1) is 25.5 Å². The van der Waals surface area contributed by atoms with Crippen LogP contribution < -0.4 is 0 Å². The normalized spacial score (nSPS) is 10.5. The number of nitrogens with zero attached hydrogens (tertiary/aromatic N) is 2. The second-order valence-electron chi connectivity index (χ2n) is 2.93. The Bertz CT molecular complexity index is 235. The number of hydrogen-bond donors (Lipinski definition) is 1. The highest BCUT2D eigenvalue weighted by Gasteiger charge is 1.94. The van der Waals surface area contributed by atoms with Crippen molar-refractivity contribution in [1.82, 2.24) is 9.78 Å². The summed E-state index contributed by atoms with van der Waals surface area (Å²) in [5.41, 5.74) is 0. The van der Waals surface area contributed by atoms with Gasteiger partial charge in [-0.15, -0.1) is 0 Å². The molecule has 1 heterocycles. The van der Waals surface area contributed by atoms with Crippen LogP contribution in [0, 0.1) is 0 Å². The minimum absolute atomic E-state index is 0.202. The minimum Gasteiger partial charge on any atom is -0.505 e. The lowest BCUT2D eigenvalue weighted by atomic mass is 10.4. The molecule has 0 saturated carbocycles. The molecule has 13 heavy (non-hydrogen) atoms. The van der Waals surface area contributed by atoms with Crippen molar-refractivity contribution in [3.8, 4) is 5.75 Å². The molecule has 4 nitrogen and oxygen atoms in total. The Balaban J connectivity index is 2.06. The third kappa shape index (κ3) is 3.94. The summed E-state index contributed by atoms with van der Waals surface area (Å²) < 4.78 is 7.01. The zero-order valence-electron chi connectivity index (χ0n) is 7.94. The smallest absolute Gasteiger partial charge is 0.153 e. The molecule has 0 unspecified atom stereocenters. The van der Waals surface area contributed by atoms with Gasteiger partial charge in [0.25, 0.3) is 0 Å². The maximum Gasteiger partial charge on any atom is 0.153 e. The number of ether oxygens (including phenoxy) is 1. The Labute approximate surface area is 78.1 Å². The fourth-order valence-corrected chi connectivity index (χ4v) is 0.981. The number of rotatable bonds is 6. The Morgan fingerprint density at radius 1 is 1.54 bits per heavy atom. The molecule has 0 atom stereocenters. The molecular weight excluding hydrogens is 168 g/mol. The van der Waals surface area contributed by atoms with Crippen molar-refractivity contribution in [2.75, 3.05) is 13.2 Å². The van der Waals surface area contributed by atoms with Crippen LogP contribution >= 0.6 is 0 Å². The summed E-state index contributed by atoms with van der Waals surface area (Å²) in [5.74, 6) is 0.202. The molecule has 0 spiro atoms. The molecule has 0 amide bonds.